The van der Waals surface area contributed by atoms with E-state index < -0.39 is 24.2 Å². The van der Waals surface area contributed by atoms with Gasteiger partial charge in [-0.1, -0.05) is 72.8 Å². The number of nitrogens with zero attached hydrogens (tertiary/aromatic N) is 2. The van der Waals surface area contributed by atoms with Gasteiger partial charge in [0.05, 0.1) is 18.8 Å². The van der Waals surface area contributed by atoms with Crippen molar-refractivity contribution in [1.82, 2.24) is 15.1 Å². The Labute approximate surface area is 198 Å². The monoisotopic (exact) mass is 478 g/mol. The number of aromatic nitrogens is 2. The van der Waals surface area contributed by atoms with Crippen molar-refractivity contribution in [2.75, 3.05) is 11.9 Å². The molecule has 5 rings (SSSR count). The third kappa shape index (κ3) is 4.37. The number of carbonyl (C=O) groups is 2. The highest BCUT2D eigenvalue weighted by molar-refractivity contribution is 6.10. The van der Waals surface area contributed by atoms with E-state index in [-0.39, 0.29) is 30.1 Å². The first-order valence-electron chi connectivity index (χ1n) is 11.1. The molecule has 1 aromatic heterocycles. The Bertz CT molecular complexity index is 1390. The van der Waals surface area contributed by atoms with E-state index in [1.807, 2.05) is 30.3 Å². The molecule has 0 saturated carbocycles. The standard InChI is InChI=1S/C26H21F3N4O2/c27-26(28,29)23-13-21(17-8-2-1-3-9-17)32-24-20(14-31-33(23)24)25(35)30-15-22(34)19-12-6-10-16-7-4-5-11-18(16)19/h1-12,14,21,23,32H,13,15H2,(H,30,35). The van der Waals surface area contributed by atoms with Crippen molar-refractivity contribution in [1.29, 1.82) is 0 Å². The Hall–Kier alpha value is -4.14. The lowest BCUT2D eigenvalue weighted by molar-refractivity contribution is -0.173. The fourth-order valence-electron chi connectivity index (χ4n) is 4.45. The van der Waals surface area contributed by atoms with Gasteiger partial charge in [0.25, 0.3) is 5.91 Å². The van der Waals surface area contributed by atoms with E-state index in [0.717, 1.165) is 21.7 Å². The average molecular weight is 478 g/mol. The number of carbonyl (C=O) groups excluding carboxylic acids is 2. The zero-order valence-corrected chi connectivity index (χ0v) is 18.4. The fraction of sp³-hybridized carbons (Fsp3) is 0.192. The maximum atomic E-state index is 13.9. The highest BCUT2D eigenvalue weighted by atomic mass is 19.4. The summed E-state index contributed by atoms with van der Waals surface area (Å²) in [5.74, 6) is -1.01. The molecule has 0 fully saturated rings. The van der Waals surface area contributed by atoms with Crippen LogP contribution in [-0.2, 0) is 0 Å². The number of hydrogen-bond acceptors (Lipinski definition) is 4. The number of anilines is 1. The highest BCUT2D eigenvalue weighted by Crippen LogP contribution is 2.44. The van der Waals surface area contributed by atoms with Gasteiger partial charge in [-0.2, -0.15) is 18.3 Å². The van der Waals surface area contributed by atoms with Gasteiger partial charge in [0, 0.05) is 12.0 Å². The van der Waals surface area contributed by atoms with Crippen LogP contribution in [-0.4, -0.2) is 34.2 Å². The SMILES string of the molecule is O=C(NCC(=O)c1cccc2ccccc12)c1cnn2c1NC(c1ccccc1)CC2C(F)(F)F. The molecule has 2 heterocycles. The minimum Gasteiger partial charge on any atom is -0.363 e. The summed E-state index contributed by atoms with van der Waals surface area (Å²) < 4.78 is 42.4. The van der Waals surface area contributed by atoms with E-state index in [1.54, 1.807) is 42.5 Å². The molecule has 0 bridgehead atoms. The number of nitrogens with one attached hydrogen (secondary N) is 2. The number of hydrogen-bond donors (Lipinski definition) is 2. The zero-order valence-electron chi connectivity index (χ0n) is 18.4. The maximum absolute atomic E-state index is 13.9. The molecule has 4 aromatic rings. The summed E-state index contributed by atoms with van der Waals surface area (Å²) in [5.41, 5.74) is 1.08. The Morgan fingerprint density at radius 3 is 2.46 bits per heavy atom. The van der Waals surface area contributed by atoms with E-state index in [1.165, 1.54) is 0 Å². The average Bonchev–Trinajstić information content (AvgIpc) is 3.30. The Balaban J connectivity index is 1.39. The molecule has 2 atom stereocenters. The molecule has 2 N–H and O–H groups in total. The normalized spacial score (nSPS) is 17.5. The van der Waals surface area contributed by atoms with Crippen LogP contribution in [0.2, 0.25) is 0 Å². The Morgan fingerprint density at radius 1 is 0.971 bits per heavy atom. The van der Waals surface area contributed by atoms with Crippen LogP contribution in [0.1, 0.15) is 44.8 Å². The van der Waals surface area contributed by atoms with E-state index >= 15 is 0 Å². The summed E-state index contributed by atoms with van der Waals surface area (Å²) in [6.07, 6.45) is -3.71. The number of fused-ring (bicyclic) bond motifs is 2. The molecule has 178 valence electrons. The number of benzene rings is 3. The molecule has 6 nitrogen and oxygen atoms in total. The first kappa shape index (κ1) is 22.6. The van der Waals surface area contributed by atoms with Gasteiger partial charge in [-0.05, 0) is 16.3 Å². The highest BCUT2D eigenvalue weighted by Gasteiger charge is 2.47. The van der Waals surface area contributed by atoms with Gasteiger partial charge in [0.1, 0.15) is 11.4 Å². The van der Waals surface area contributed by atoms with Crippen molar-refractivity contribution in [2.45, 2.75) is 24.7 Å². The van der Waals surface area contributed by atoms with Crippen LogP contribution in [0.4, 0.5) is 19.0 Å². The quantitative estimate of drug-likeness (QED) is 0.381. The Morgan fingerprint density at radius 2 is 1.69 bits per heavy atom. The summed E-state index contributed by atoms with van der Waals surface area (Å²) in [4.78, 5) is 25.8. The predicted octanol–water partition coefficient (Wildman–Crippen LogP) is 5.31. The summed E-state index contributed by atoms with van der Waals surface area (Å²) in [5, 5.41) is 11.1. The van der Waals surface area contributed by atoms with E-state index in [0.29, 0.717) is 11.1 Å². The topological polar surface area (TPSA) is 76.0 Å². The molecule has 1 aliphatic heterocycles. The van der Waals surface area contributed by atoms with E-state index in [4.69, 9.17) is 0 Å². The van der Waals surface area contributed by atoms with Crippen LogP contribution in [0.25, 0.3) is 10.8 Å². The lowest BCUT2D eigenvalue weighted by atomic mass is 9.96. The predicted molar refractivity (Wildman–Crippen MR) is 125 cm³/mol. The van der Waals surface area contributed by atoms with Crippen molar-refractivity contribution in [3.63, 3.8) is 0 Å². The molecule has 1 amide bonds. The van der Waals surface area contributed by atoms with Crippen molar-refractivity contribution in [3.05, 3.63) is 95.7 Å². The molecule has 3 aromatic carbocycles. The fourth-order valence-corrected chi connectivity index (χ4v) is 4.45. The van der Waals surface area contributed by atoms with Gasteiger partial charge >= 0.3 is 6.18 Å². The van der Waals surface area contributed by atoms with Gasteiger partial charge in [0.2, 0.25) is 0 Å². The van der Waals surface area contributed by atoms with E-state index in [9.17, 15) is 22.8 Å². The van der Waals surface area contributed by atoms with Gasteiger partial charge in [-0.15, -0.1) is 0 Å². The van der Waals surface area contributed by atoms with Crippen molar-refractivity contribution < 1.29 is 22.8 Å². The van der Waals surface area contributed by atoms with Crippen LogP contribution in [0.5, 0.6) is 0 Å². The number of halogens is 3. The largest absolute Gasteiger partial charge is 0.410 e. The first-order chi connectivity index (χ1) is 16.8. The van der Waals surface area contributed by atoms with Gasteiger partial charge in [-0.25, -0.2) is 4.68 Å². The van der Waals surface area contributed by atoms with Crippen LogP contribution in [0.15, 0.2) is 79.0 Å². The van der Waals surface area contributed by atoms with Crippen molar-refractivity contribution >= 4 is 28.3 Å². The summed E-state index contributed by atoms with van der Waals surface area (Å²) in [6.45, 7) is -0.303. The molecule has 9 heteroatoms. The molecule has 35 heavy (non-hydrogen) atoms. The van der Waals surface area contributed by atoms with Crippen LogP contribution < -0.4 is 10.6 Å². The minimum atomic E-state index is -4.55. The molecule has 0 saturated heterocycles. The molecule has 2 unspecified atom stereocenters. The van der Waals surface area contributed by atoms with Crippen molar-refractivity contribution in [3.8, 4) is 0 Å². The van der Waals surface area contributed by atoms with Gasteiger partial charge in [-0.3, -0.25) is 9.59 Å². The maximum Gasteiger partial charge on any atom is 0.410 e. The third-order valence-electron chi connectivity index (χ3n) is 6.18. The second-order valence-electron chi connectivity index (χ2n) is 8.38. The third-order valence-corrected chi connectivity index (χ3v) is 6.18. The van der Waals surface area contributed by atoms with Gasteiger partial charge in [0.15, 0.2) is 11.8 Å². The lowest BCUT2D eigenvalue weighted by Crippen LogP contribution is -2.37. The zero-order chi connectivity index (χ0) is 24.6. The van der Waals surface area contributed by atoms with Crippen LogP contribution >= 0.6 is 0 Å². The number of rotatable bonds is 5. The molecular formula is C26H21F3N4O2. The molecule has 1 aliphatic rings. The smallest absolute Gasteiger partial charge is 0.363 e. The minimum absolute atomic E-state index is 0.0254. The second kappa shape index (κ2) is 8.90. The molecular weight excluding hydrogens is 457 g/mol. The Kier molecular flexibility index (Phi) is 5.76. The first-order valence-corrected chi connectivity index (χ1v) is 11.1. The van der Waals surface area contributed by atoms with Crippen LogP contribution in [0.3, 0.4) is 0 Å². The summed E-state index contributed by atoms with van der Waals surface area (Å²) in [7, 11) is 0. The second-order valence-corrected chi connectivity index (χ2v) is 8.38. The number of alkyl halides is 3. The molecule has 0 aliphatic carbocycles. The molecule has 0 radical (unpaired) electrons. The number of ketones is 1. The summed E-state index contributed by atoms with van der Waals surface area (Å²) >= 11 is 0. The van der Waals surface area contributed by atoms with Crippen LogP contribution in [0, 0.1) is 0 Å². The lowest BCUT2D eigenvalue weighted by Gasteiger charge is -2.34. The number of Topliss-reactive ketones (excluding diaryl/α,β-unsaturated/α-hetero) is 1. The summed E-state index contributed by atoms with van der Waals surface area (Å²) in [6, 6.07) is 18.9. The molecule has 0 spiro atoms. The van der Waals surface area contributed by atoms with E-state index in [2.05, 4.69) is 15.7 Å². The van der Waals surface area contributed by atoms with Crippen molar-refractivity contribution in [2.24, 2.45) is 0 Å². The number of amides is 1. The van der Waals surface area contributed by atoms with Gasteiger partial charge < -0.3 is 10.6 Å².